The molecule has 4 rings (SSSR count). The topological polar surface area (TPSA) is 49.4 Å². The molecule has 0 atom stereocenters. The Hall–Kier alpha value is -1.63. The average Bonchev–Trinajstić information content (AvgIpc) is 3.34. The maximum Gasteiger partial charge on any atom is 0.255 e. The zero-order valence-electron chi connectivity index (χ0n) is 14.6. The predicted octanol–water partition coefficient (Wildman–Crippen LogP) is 5.20. The third kappa shape index (κ3) is 4.13. The van der Waals surface area contributed by atoms with E-state index in [4.69, 9.17) is 11.6 Å². The molecule has 0 radical (unpaired) electrons. The molecular formula is C20H19ClN2O2S2. The molecule has 27 heavy (non-hydrogen) atoms. The molecule has 0 aliphatic carbocycles. The summed E-state index contributed by atoms with van der Waals surface area (Å²) in [6.07, 6.45) is 1.41. The average molecular weight is 419 g/mol. The summed E-state index contributed by atoms with van der Waals surface area (Å²) in [5.41, 5.74) is 3.18. The molecule has 7 heteroatoms. The number of anilines is 2. The third-order valence-electron chi connectivity index (χ3n) is 4.64. The molecule has 1 N–H and O–H groups in total. The molecule has 2 fully saturated rings. The Balaban J connectivity index is 1.44. The van der Waals surface area contributed by atoms with Gasteiger partial charge in [-0.1, -0.05) is 23.7 Å². The maximum atomic E-state index is 12.5. The Labute approximate surface area is 172 Å². The van der Waals surface area contributed by atoms with Crippen LogP contribution in [0.2, 0.25) is 5.02 Å². The highest BCUT2D eigenvalue weighted by molar-refractivity contribution is 8.19. The lowest BCUT2D eigenvalue weighted by molar-refractivity contribution is -0.117. The number of hydrogen-bond acceptors (Lipinski definition) is 4. The molecule has 140 valence electrons. The van der Waals surface area contributed by atoms with Crippen molar-refractivity contribution in [3.63, 3.8) is 0 Å². The molecule has 0 unspecified atom stereocenters. The highest BCUT2D eigenvalue weighted by Gasteiger charge is 2.24. The Morgan fingerprint density at radius 2 is 1.85 bits per heavy atom. The second kappa shape index (κ2) is 8.17. The zero-order valence-corrected chi connectivity index (χ0v) is 17.0. The van der Waals surface area contributed by atoms with Crippen molar-refractivity contribution in [1.82, 2.24) is 0 Å². The number of hydrogen-bond donors (Lipinski definition) is 1. The van der Waals surface area contributed by atoms with Crippen LogP contribution >= 0.6 is 35.1 Å². The molecule has 2 aromatic rings. The largest absolute Gasteiger partial charge is 0.322 e. The first-order chi connectivity index (χ1) is 13.1. The molecule has 2 heterocycles. The van der Waals surface area contributed by atoms with E-state index in [0.717, 1.165) is 6.42 Å². The SMILES string of the molecule is O=C(Nc1ccc(N2CCCC2=O)c(Cl)c1)c1ccc(C2SCCS2)cc1. The Morgan fingerprint density at radius 1 is 1.11 bits per heavy atom. The van der Waals surface area contributed by atoms with Gasteiger partial charge in [0.2, 0.25) is 5.91 Å². The number of benzene rings is 2. The van der Waals surface area contributed by atoms with Crippen molar-refractivity contribution in [2.24, 2.45) is 0 Å². The number of nitrogens with one attached hydrogen (secondary N) is 1. The molecule has 2 aliphatic rings. The molecule has 4 nitrogen and oxygen atoms in total. The van der Waals surface area contributed by atoms with E-state index in [1.165, 1.54) is 17.1 Å². The second-order valence-corrected chi connectivity index (χ2v) is 9.60. The van der Waals surface area contributed by atoms with Crippen LogP contribution in [0.25, 0.3) is 0 Å². The summed E-state index contributed by atoms with van der Waals surface area (Å²) < 4.78 is 0.474. The summed E-state index contributed by atoms with van der Waals surface area (Å²) in [4.78, 5) is 26.1. The van der Waals surface area contributed by atoms with Gasteiger partial charge >= 0.3 is 0 Å². The summed E-state index contributed by atoms with van der Waals surface area (Å²) >= 11 is 10.2. The van der Waals surface area contributed by atoms with Gasteiger partial charge < -0.3 is 10.2 Å². The van der Waals surface area contributed by atoms with E-state index in [0.29, 0.717) is 39.5 Å². The predicted molar refractivity (Wildman–Crippen MR) is 115 cm³/mol. The van der Waals surface area contributed by atoms with E-state index >= 15 is 0 Å². The monoisotopic (exact) mass is 418 g/mol. The van der Waals surface area contributed by atoms with Crippen LogP contribution in [0.4, 0.5) is 11.4 Å². The number of nitrogens with zero attached hydrogens (tertiary/aromatic N) is 1. The molecule has 2 aliphatic heterocycles. The molecular weight excluding hydrogens is 400 g/mol. The van der Waals surface area contributed by atoms with E-state index < -0.39 is 0 Å². The van der Waals surface area contributed by atoms with Gasteiger partial charge in [-0.25, -0.2) is 0 Å². The Morgan fingerprint density at radius 3 is 2.48 bits per heavy atom. The maximum absolute atomic E-state index is 12.5. The van der Waals surface area contributed by atoms with Gasteiger partial charge in [-0.15, -0.1) is 23.5 Å². The van der Waals surface area contributed by atoms with Crippen LogP contribution in [0.5, 0.6) is 0 Å². The van der Waals surface area contributed by atoms with Gasteiger partial charge in [0.25, 0.3) is 5.91 Å². The summed E-state index contributed by atoms with van der Waals surface area (Å²) in [6.45, 7) is 0.689. The number of carbonyl (C=O) groups is 2. The van der Waals surface area contributed by atoms with Gasteiger partial charge in [-0.2, -0.15) is 0 Å². The molecule has 0 aromatic heterocycles. The van der Waals surface area contributed by atoms with E-state index in [9.17, 15) is 9.59 Å². The number of rotatable bonds is 4. The summed E-state index contributed by atoms with van der Waals surface area (Å²) in [5.74, 6) is 2.27. The fourth-order valence-electron chi connectivity index (χ4n) is 3.25. The summed E-state index contributed by atoms with van der Waals surface area (Å²) in [7, 11) is 0. The van der Waals surface area contributed by atoms with E-state index in [1.807, 2.05) is 47.8 Å². The third-order valence-corrected chi connectivity index (χ3v) is 8.04. The second-order valence-electron chi connectivity index (χ2n) is 6.46. The van der Waals surface area contributed by atoms with Crippen LogP contribution in [0, 0.1) is 0 Å². The lowest BCUT2D eigenvalue weighted by Crippen LogP contribution is -2.24. The Bertz CT molecular complexity index is 867. The van der Waals surface area contributed by atoms with Crippen LogP contribution < -0.4 is 10.2 Å². The van der Waals surface area contributed by atoms with E-state index in [-0.39, 0.29) is 11.8 Å². The number of halogens is 1. The van der Waals surface area contributed by atoms with Crippen LogP contribution in [0.15, 0.2) is 42.5 Å². The molecule has 0 saturated carbocycles. The van der Waals surface area contributed by atoms with Gasteiger partial charge in [0, 0.05) is 35.7 Å². The van der Waals surface area contributed by atoms with Gasteiger partial charge in [-0.3, -0.25) is 9.59 Å². The van der Waals surface area contributed by atoms with Crippen LogP contribution in [0.1, 0.15) is 33.3 Å². The van der Waals surface area contributed by atoms with Gasteiger partial charge in [0.1, 0.15) is 0 Å². The summed E-state index contributed by atoms with van der Waals surface area (Å²) in [6, 6.07) is 13.1. The molecule has 2 amide bonds. The van der Waals surface area contributed by atoms with Crippen LogP contribution in [-0.4, -0.2) is 29.9 Å². The quantitative estimate of drug-likeness (QED) is 0.741. The molecule has 2 aromatic carbocycles. The van der Waals surface area contributed by atoms with Crippen molar-refractivity contribution >= 4 is 58.3 Å². The first-order valence-corrected chi connectivity index (χ1v) is 11.3. The van der Waals surface area contributed by atoms with Gasteiger partial charge in [-0.05, 0) is 42.3 Å². The zero-order chi connectivity index (χ0) is 18.8. The van der Waals surface area contributed by atoms with Crippen molar-refractivity contribution in [2.45, 2.75) is 17.4 Å². The van der Waals surface area contributed by atoms with Gasteiger partial charge in [0.15, 0.2) is 0 Å². The fraction of sp³-hybridized carbons (Fsp3) is 0.300. The van der Waals surface area contributed by atoms with Crippen molar-refractivity contribution in [3.8, 4) is 0 Å². The lowest BCUT2D eigenvalue weighted by Gasteiger charge is -2.18. The normalized spacial score (nSPS) is 17.5. The van der Waals surface area contributed by atoms with E-state index in [1.54, 1.807) is 23.1 Å². The number of amides is 2. The minimum Gasteiger partial charge on any atom is -0.322 e. The van der Waals surface area contributed by atoms with Crippen molar-refractivity contribution in [1.29, 1.82) is 0 Å². The minimum absolute atomic E-state index is 0.0902. The Kier molecular flexibility index (Phi) is 5.66. The van der Waals surface area contributed by atoms with Crippen molar-refractivity contribution in [3.05, 3.63) is 58.6 Å². The van der Waals surface area contributed by atoms with Crippen molar-refractivity contribution < 1.29 is 9.59 Å². The molecule has 2 saturated heterocycles. The molecule has 0 spiro atoms. The highest BCUT2D eigenvalue weighted by Crippen LogP contribution is 2.45. The number of thioether (sulfide) groups is 2. The lowest BCUT2D eigenvalue weighted by atomic mass is 10.1. The van der Waals surface area contributed by atoms with E-state index in [2.05, 4.69) is 5.32 Å². The van der Waals surface area contributed by atoms with Crippen LogP contribution in [0.3, 0.4) is 0 Å². The highest BCUT2D eigenvalue weighted by atomic mass is 35.5. The van der Waals surface area contributed by atoms with Gasteiger partial charge in [0.05, 0.1) is 15.3 Å². The smallest absolute Gasteiger partial charge is 0.255 e. The standard InChI is InChI=1S/C20H19ClN2O2S2/c21-16-12-15(7-8-17(16)23-9-1-2-18(23)24)22-19(25)13-3-5-14(6-4-13)20-26-10-11-27-20/h3-8,12,20H,1-2,9-11H2,(H,22,25). The fourth-order valence-corrected chi connectivity index (χ4v) is 6.39. The summed E-state index contributed by atoms with van der Waals surface area (Å²) in [5, 5.41) is 3.35. The van der Waals surface area contributed by atoms with Crippen LogP contribution in [-0.2, 0) is 4.79 Å². The first kappa shape index (κ1) is 18.7. The minimum atomic E-state index is -0.172. The first-order valence-electron chi connectivity index (χ1n) is 8.86. The number of carbonyl (C=O) groups excluding carboxylic acids is 2. The molecule has 0 bridgehead atoms. The van der Waals surface area contributed by atoms with Crippen molar-refractivity contribution in [2.75, 3.05) is 28.3 Å².